The Morgan fingerprint density at radius 2 is 1.90 bits per heavy atom. The summed E-state index contributed by atoms with van der Waals surface area (Å²) in [7, 11) is 1.69. The zero-order valence-corrected chi connectivity index (χ0v) is 13.2. The zero-order valence-electron chi connectivity index (χ0n) is 11.7. The van der Waals surface area contributed by atoms with E-state index in [2.05, 4.69) is 27.3 Å². The highest BCUT2D eigenvalue weighted by atomic mass is 79.9. The van der Waals surface area contributed by atoms with E-state index in [1.54, 1.807) is 7.11 Å². The lowest BCUT2D eigenvalue weighted by atomic mass is 9.90. The maximum Gasteiger partial charge on any atom is 0.168 e. The molecule has 5 heteroatoms. The second kappa shape index (κ2) is 5.92. The monoisotopic (exact) mass is 341 g/mol. The topological polar surface area (TPSA) is 39.7 Å². The predicted octanol–water partition coefficient (Wildman–Crippen LogP) is 3.56. The van der Waals surface area contributed by atoms with Gasteiger partial charge in [-0.05, 0) is 25.0 Å². The molecule has 1 aliphatic heterocycles. The third-order valence-corrected chi connectivity index (χ3v) is 4.50. The molecule has 0 atom stereocenters. The first-order valence-corrected chi connectivity index (χ1v) is 7.87. The van der Waals surface area contributed by atoms with E-state index in [-0.39, 0.29) is 5.79 Å². The van der Waals surface area contributed by atoms with Gasteiger partial charge in [-0.15, -0.1) is 0 Å². The minimum atomic E-state index is -0.285. The first-order valence-electron chi connectivity index (χ1n) is 7.08. The largest absolute Gasteiger partial charge is 0.497 e. The molecule has 20 heavy (non-hydrogen) atoms. The van der Waals surface area contributed by atoms with Crippen molar-refractivity contribution >= 4 is 21.6 Å². The van der Waals surface area contributed by atoms with Crippen molar-refractivity contribution in [3.05, 3.63) is 22.7 Å². The third kappa shape index (κ3) is 3.10. The zero-order chi connectivity index (χ0) is 14.0. The van der Waals surface area contributed by atoms with E-state index < -0.39 is 0 Å². The normalized spacial score (nSPS) is 22.1. The Bertz CT molecular complexity index is 464. The third-order valence-electron chi connectivity index (χ3n) is 4.04. The molecule has 1 aromatic carbocycles. The Morgan fingerprint density at radius 3 is 2.55 bits per heavy atom. The van der Waals surface area contributed by atoms with Crippen LogP contribution >= 0.6 is 15.9 Å². The fourth-order valence-corrected chi connectivity index (χ4v) is 3.46. The second-order valence-corrected chi connectivity index (χ2v) is 6.32. The molecule has 4 nitrogen and oxygen atoms in total. The summed E-state index contributed by atoms with van der Waals surface area (Å²) in [6, 6.07) is 6.53. The molecule has 3 rings (SSSR count). The first-order chi connectivity index (χ1) is 9.69. The molecule has 0 bridgehead atoms. The van der Waals surface area contributed by atoms with Gasteiger partial charge in [0.05, 0.1) is 20.3 Å². The van der Waals surface area contributed by atoms with Gasteiger partial charge in [0, 0.05) is 35.1 Å². The maximum atomic E-state index is 5.76. The van der Waals surface area contributed by atoms with Gasteiger partial charge >= 0.3 is 0 Å². The van der Waals surface area contributed by atoms with Gasteiger partial charge in [0.15, 0.2) is 5.79 Å². The fourth-order valence-electron chi connectivity index (χ4n) is 2.99. The summed E-state index contributed by atoms with van der Waals surface area (Å²) in [4.78, 5) is 0. The van der Waals surface area contributed by atoms with Gasteiger partial charge in [0.2, 0.25) is 0 Å². The van der Waals surface area contributed by atoms with Gasteiger partial charge in [0.1, 0.15) is 5.75 Å². The Hall–Kier alpha value is -0.780. The van der Waals surface area contributed by atoms with Crippen molar-refractivity contribution in [3.63, 3.8) is 0 Å². The smallest absolute Gasteiger partial charge is 0.168 e. The van der Waals surface area contributed by atoms with Crippen LogP contribution in [0.3, 0.4) is 0 Å². The van der Waals surface area contributed by atoms with Gasteiger partial charge < -0.3 is 19.5 Å². The van der Waals surface area contributed by atoms with E-state index >= 15 is 0 Å². The molecule has 0 unspecified atom stereocenters. The number of halogens is 1. The van der Waals surface area contributed by atoms with Crippen molar-refractivity contribution in [2.24, 2.45) is 0 Å². The Labute approximate surface area is 127 Å². The minimum Gasteiger partial charge on any atom is -0.497 e. The SMILES string of the molecule is COc1cc(Br)cc(NC2CCC3(CC2)OCCO3)c1. The average Bonchev–Trinajstić information content (AvgIpc) is 2.89. The minimum absolute atomic E-state index is 0.285. The van der Waals surface area contributed by atoms with E-state index in [0.29, 0.717) is 6.04 Å². The predicted molar refractivity (Wildman–Crippen MR) is 81.2 cm³/mol. The lowest BCUT2D eigenvalue weighted by molar-refractivity contribution is -0.177. The molecule has 1 N–H and O–H groups in total. The number of nitrogens with one attached hydrogen (secondary N) is 1. The van der Waals surface area contributed by atoms with Crippen molar-refractivity contribution in [2.45, 2.75) is 37.5 Å². The van der Waals surface area contributed by atoms with Crippen LogP contribution in [-0.2, 0) is 9.47 Å². The Morgan fingerprint density at radius 1 is 1.20 bits per heavy atom. The molecule has 1 aliphatic carbocycles. The lowest BCUT2D eigenvalue weighted by Gasteiger charge is -2.36. The van der Waals surface area contributed by atoms with Crippen molar-refractivity contribution in [2.75, 3.05) is 25.6 Å². The summed E-state index contributed by atoms with van der Waals surface area (Å²) in [5, 5.41) is 3.58. The summed E-state index contributed by atoms with van der Waals surface area (Å²) in [6.07, 6.45) is 4.06. The summed E-state index contributed by atoms with van der Waals surface area (Å²) in [5.74, 6) is 0.573. The van der Waals surface area contributed by atoms with Gasteiger partial charge in [0.25, 0.3) is 0 Å². The molecule has 1 aromatic rings. The van der Waals surface area contributed by atoms with E-state index in [0.717, 1.165) is 54.8 Å². The van der Waals surface area contributed by atoms with E-state index in [4.69, 9.17) is 14.2 Å². The lowest BCUT2D eigenvalue weighted by Crippen LogP contribution is -2.39. The van der Waals surface area contributed by atoms with Crippen molar-refractivity contribution in [3.8, 4) is 5.75 Å². The second-order valence-electron chi connectivity index (χ2n) is 5.41. The molecule has 1 heterocycles. The molecular formula is C15H20BrNO3. The molecule has 2 aliphatic rings. The Kier molecular flexibility index (Phi) is 4.19. The van der Waals surface area contributed by atoms with Crippen LogP contribution < -0.4 is 10.1 Å². The molecule has 1 saturated heterocycles. The summed E-state index contributed by atoms with van der Waals surface area (Å²) in [5.41, 5.74) is 1.09. The summed E-state index contributed by atoms with van der Waals surface area (Å²) in [6.45, 7) is 1.47. The van der Waals surface area contributed by atoms with Crippen LogP contribution in [0.1, 0.15) is 25.7 Å². The molecule has 110 valence electrons. The Balaban J connectivity index is 1.60. The molecule has 0 aromatic heterocycles. The van der Waals surface area contributed by atoms with E-state index in [9.17, 15) is 0 Å². The van der Waals surface area contributed by atoms with E-state index in [1.165, 1.54) is 0 Å². The van der Waals surface area contributed by atoms with E-state index in [1.807, 2.05) is 12.1 Å². The number of anilines is 1. The average molecular weight is 342 g/mol. The van der Waals surface area contributed by atoms with Gasteiger partial charge in [-0.1, -0.05) is 15.9 Å². The van der Waals surface area contributed by atoms with Crippen LogP contribution in [0, 0.1) is 0 Å². The van der Waals surface area contributed by atoms with Crippen LogP contribution in [-0.4, -0.2) is 32.2 Å². The first kappa shape index (κ1) is 14.2. The van der Waals surface area contributed by atoms with Gasteiger partial charge in [-0.3, -0.25) is 0 Å². The standard InChI is InChI=1S/C15H20BrNO3/c1-18-14-9-11(16)8-13(10-14)17-12-2-4-15(5-3-12)19-6-7-20-15/h8-10,12,17H,2-7H2,1H3. The molecule has 2 fully saturated rings. The van der Waals surface area contributed by atoms with Crippen molar-refractivity contribution in [1.29, 1.82) is 0 Å². The summed E-state index contributed by atoms with van der Waals surface area (Å²) < 4.78 is 17.8. The van der Waals surface area contributed by atoms with Crippen LogP contribution in [0.15, 0.2) is 22.7 Å². The van der Waals surface area contributed by atoms with Crippen LogP contribution in [0.5, 0.6) is 5.75 Å². The number of ether oxygens (including phenoxy) is 3. The molecule has 0 radical (unpaired) electrons. The molecular weight excluding hydrogens is 322 g/mol. The van der Waals surface area contributed by atoms with Gasteiger partial charge in [-0.2, -0.15) is 0 Å². The number of methoxy groups -OCH3 is 1. The number of hydrogen-bond donors (Lipinski definition) is 1. The molecule has 0 amide bonds. The quantitative estimate of drug-likeness (QED) is 0.912. The van der Waals surface area contributed by atoms with Crippen LogP contribution in [0.25, 0.3) is 0 Å². The summed E-state index contributed by atoms with van der Waals surface area (Å²) >= 11 is 3.51. The molecule has 1 saturated carbocycles. The number of hydrogen-bond acceptors (Lipinski definition) is 4. The maximum absolute atomic E-state index is 5.76. The van der Waals surface area contributed by atoms with Crippen LogP contribution in [0.4, 0.5) is 5.69 Å². The molecule has 1 spiro atoms. The fraction of sp³-hybridized carbons (Fsp3) is 0.600. The number of rotatable bonds is 3. The highest BCUT2D eigenvalue weighted by Gasteiger charge is 2.40. The highest BCUT2D eigenvalue weighted by molar-refractivity contribution is 9.10. The number of benzene rings is 1. The van der Waals surface area contributed by atoms with Crippen molar-refractivity contribution in [1.82, 2.24) is 0 Å². The van der Waals surface area contributed by atoms with Crippen molar-refractivity contribution < 1.29 is 14.2 Å². The van der Waals surface area contributed by atoms with Gasteiger partial charge in [-0.25, -0.2) is 0 Å². The highest BCUT2D eigenvalue weighted by Crippen LogP contribution is 2.37. The van der Waals surface area contributed by atoms with Crippen LogP contribution in [0.2, 0.25) is 0 Å².